The molecule has 0 spiro atoms. The molecule has 2 amide bonds. The average Bonchev–Trinajstić information content (AvgIpc) is 2.60. The molecule has 1 aromatic rings. The van der Waals surface area contributed by atoms with Crippen molar-refractivity contribution >= 4 is 27.9 Å². The van der Waals surface area contributed by atoms with Crippen LogP contribution in [0.1, 0.15) is 24.8 Å². The number of amides is 2. The maximum Gasteiger partial charge on any atom is 0.409 e. The normalized spacial score (nSPS) is 15.0. The number of benzene rings is 1. The van der Waals surface area contributed by atoms with E-state index in [1.807, 2.05) is 18.2 Å². The van der Waals surface area contributed by atoms with Crippen molar-refractivity contribution in [2.24, 2.45) is 0 Å². The lowest BCUT2D eigenvalue weighted by atomic mass is 10.0. The Kier molecular flexibility index (Phi) is 6.90. The Hall–Kier alpha value is -1.76. The number of likely N-dealkylation sites (tertiary alicyclic amines) is 1. The molecule has 0 bridgehead atoms. The summed E-state index contributed by atoms with van der Waals surface area (Å²) in [6.07, 6.45) is 2.33. The fourth-order valence-electron chi connectivity index (χ4n) is 2.76. The Morgan fingerprint density at radius 1 is 1.29 bits per heavy atom. The van der Waals surface area contributed by atoms with Gasteiger partial charge in [0.1, 0.15) is 5.75 Å². The number of piperidine rings is 1. The van der Waals surface area contributed by atoms with Crippen LogP contribution in [0.3, 0.4) is 0 Å². The number of hydrogen-bond acceptors (Lipinski definition) is 4. The first-order valence-electron chi connectivity index (χ1n) is 7.98. The van der Waals surface area contributed by atoms with Crippen LogP contribution in [-0.4, -0.2) is 50.3 Å². The maximum absolute atomic E-state index is 12.1. The van der Waals surface area contributed by atoms with Crippen LogP contribution < -0.4 is 10.1 Å². The first-order valence-corrected chi connectivity index (χ1v) is 8.77. The van der Waals surface area contributed by atoms with Crippen LogP contribution in [0.25, 0.3) is 0 Å². The third kappa shape index (κ3) is 5.12. The summed E-state index contributed by atoms with van der Waals surface area (Å²) in [4.78, 5) is 25.2. The van der Waals surface area contributed by atoms with Gasteiger partial charge in [-0.25, -0.2) is 4.79 Å². The third-order valence-electron chi connectivity index (χ3n) is 4.15. The van der Waals surface area contributed by atoms with Crippen molar-refractivity contribution < 1.29 is 19.1 Å². The standard InChI is InChI=1S/C17H23BrN2O4/c1-23-15-5-3-12(11-14(15)18)4-6-16(21)19-13-7-9-20(10-8-13)17(22)24-2/h3,5,11,13H,4,6-10H2,1-2H3,(H,19,21). The van der Waals surface area contributed by atoms with E-state index < -0.39 is 0 Å². The number of carbonyl (C=O) groups is 2. The lowest BCUT2D eigenvalue weighted by Gasteiger charge is -2.31. The second-order valence-electron chi connectivity index (χ2n) is 5.77. The van der Waals surface area contributed by atoms with Crippen LogP contribution in [0, 0.1) is 0 Å². The molecule has 7 heteroatoms. The van der Waals surface area contributed by atoms with Gasteiger partial charge in [0, 0.05) is 25.6 Å². The fraction of sp³-hybridized carbons (Fsp3) is 0.529. The third-order valence-corrected chi connectivity index (χ3v) is 4.77. The molecular formula is C17H23BrN2O4. The zero-order chi connectivity index (χ0) is 17.5. The van der Waals surface area contributed by atoms with Gasteiger partial charge in [0.05, 0.1) is 18.7 Å². The molecule has 1 fully saturated rings. The minimum absolute atomic E-state index is 0.0402. The lowest BCUT2D eigenvalue weighted by Crippen LogP contribution is -2.46. The number of nitrogens with one attached hydrogen (secondary N) is 1. The summed E-state index contributed by atoms with van der Waals surface area (Å²) < 4.78 is 10.8. The molecule has 0 atom stereocenters. The minimum atomic E-state index is -0.301. The minimum Gasteiger partial charge on any atom is -0.496 e. The molecule has 24 heavy (non-hydrogen) atoms. The SMILES string of the molecule is COC(=O)N1CCC(NC(=O)CCc2ccc(OC)c(Br)c2)CC1. The zero-order valence-corrected chi connectivity index (χ0v) is 15.6. The molecule has 1 N–H and O–H groups in total. The van der Waals surface area contributed by atoms with Crippen molar-refractivity contribution in [3.8, 4) is 5.75 Å². The Balaban J connectivity index is 1.74. The van der Waals surface area contributed by atoms with Crippen molar-refractivity contribution in [1.82, 2.24) is 10.2 Å². The van der Waals surface area contributed by atoms with Crippen LogP contribution in [-0.2, 0) is 16.0 Å². The maximum atomic E-state index is 12.1. The van der Waals surface area contributed by atoms with Crippen LogP contribution >= 0.6 is 15.9 Å². The summed E-state index contributed by atoms with van der Waals surface area (Å²) in [5.41, 5.74) is 1.08. The van der Waals surface area contributed by atoms with Gasteiger partial charge in [-0.05, 0) is 52.9 Å². The van der Waals surface area contributed by atoms with E-state index in [0.29, 0.717) is 25.9 Å². The van der Waals surface area contributed by atoms with Gasteiger partial charge in [0.15, 0.2) is 0 Å². The van der Waals surface area contributed by atoms with Gasteiger partial charge >= 0.3 is 6.09 Å². The molecule has 0 aliphatic carbocycles. The summed E-state index contributed by atoms with van der Waals surface area (Å²) in [5.74, 6) is 0.819. The van der Waals surface area contributed by atoms with Crippen LogP contribution in [0.15, 0.2) is 22.7 Å². The highest BCUT2D eigenvalue weighted by Crippen LogP contribution is 2.26. The van der Waals surface area contributed by atoms with Gasteiger partial charge in [-0.2, -0.15) is 0 Å². The fourth-order valence-corrected chi connectivity index (χ4v) is 3.35. The van der Waals surface area contributed by atoms with Crippen molar-refractivity contribution in [3.05, 3.63) is 28.2 Å². The number of ether oxygens (including phenoxy) is 2. The van der Waals surface area contributed by atoms with Crippen LogP contribution in [0.4, 0.5) is 4.79 Å². The quantitative estimate of drug-likeness (QED) is 0.827. The summed E-state index contributed by atoms with van der Waals surface area (Å²) >= 11 is 3.45. The molecule has 1 saturated heterocycles. The number of methoxy groups -OCH3 is 2. The van der Waals surface area contributed by atoms with Gasteiger partial charge in [-0.15, -0.1) is 0 Å². The van der Waals surface area contributed by atoms with E-state index in [9.17, 15) is 9.59 Å². The summed E-state index contributed by atoms with van der Waals surface area (Å²) in [6, 6.07) is 5.95. The van der Waals surface area contributed by atoms with Crippen molar-refractivity contribution in [2.45, 2.75) is 31.7 Å². The average molecular weight is 399 g/mol. The van der Waals surface area contributed by atoms with Gasteiger partial charge in [0.25, 0.3) is 0 Å². The number of carbonyl (C=O) groups excluding carboxylic acids is 2. The second kappa shape index (κ2) is 8.92. The molecule has 0 radical (unpaired) electrons. The van der Waals surface area contributed by atoms with E-state index >= 15 is 0 Å². The molecule has 1 aromatic carbocycles. The van der Waals surface area contributed by atoms with Crippen LogP contribution in [0.2, 0.25) is 0 Å². The van der Waals surface area contributed by atoms with Crippen molar-refractivity contribution in [3.63, 3.8) is 0 Å². The highest BCUT2D eigenvalue weighted by Gasteiger charge is 2.24. The number of halogens is 1. The monoisotopic (exact) mass is 398 g/mol. The lowest BCUT2D eigenvalue weighted by molar-refractivity contribution is -0.122. The molecule has 1 aliphatic rings. The van der Waals surface area contributed by atoms with E-state index in [2.05, 4.69) is 21.2 Å². The molecule has 0 unspecified atom stereocenters. The summed E-state index contributed by atoms with van der Waals surface area (Å²) in [5, 5.41) is 3.05. The van der Waals surface area contributed by atoms with Gasteiger partial charge in [-0.3, -0.25) is 4.79 Å². The molecule has 1 aliphatic heterocycles. The molecule has 132 valence electrons. The van der Waals surface area contributed by atoms with E-state index in [0.717, 1.165) is 28.6 Å². The number of rotatable bonds is 5. The number of aryl methyl sites for hydroxylation is 1. The number of nitrogens with zero attached hydrogens (tertiary/aromatic N) is 1. The van der Waals surface area contributed by atoms with E-state index in [-0.39, 0.29) is 18.0 Å². The first kappa shape index (κ1) is 18.6. The molecule has 6 nitrogen and oxygen atoms in total. The summed E-state index contributed by atoms with van der Waals surface area (Å²) in [7, 11) is 3.01. The molecular weight excluding hydrogens is 376 g/mol. The Bertz CT molecular complexity index is 586. The molecule has 2 rings (SSSR count). The Morgan fingerprint density at radius 3 is 2.58 bits per heavy atom. The molecule has 0 aromatic heterocycles. The molecule has 0 saturated carbocycles. The van der Waals surface area contributed by atoms with Crippen molar-refractivity contribution in [2.75, 3.05) is 27.3 Å². The largest absolute Gasteiger partial charge is 0.496 e. The van der Waals surface area contributed by atoms with E-state index in [1.165, 1.54) is 7.11 Å². The molecule has 1 heterocycles. The predicted molar refractivity (Wildman–Crippen MR) is 94.2 cm³/mol. The Morgan fingerprint density at radius 2 is 2.00 bits per heavy atom. The van der Waals surface area contributed by atoms with E-state index in [4.69, 9.17) is 9.47 Å². The Labute approximate surface area is 150 Å². The highest BCUT2D eigenvalue weighted by atomic mass is 79.9. The van der Waals surface area contributed by atoms with Gasteiger partial charge < -0.3 is 19.7 Å². The topological polar surface area (TPSA) is 67.9 Å². The van der Waals surface area contributed by atoms with Gasteiger partial charge in [0.2, 0.25) is 5.91 Å². The second-order valence-corrected chi connectivity index (χ2v) is 6.62. The van der Waals surface area contributed by atoms with Crippen LogP contribution in [0.5, 0.6) is 5.75 Å². The van der Waals surface area contributed by atoms with Crippen molar-refractivity contribution in [1.29, 1.82) is 0 Å². The zero-order valence-electron chi connectivity index (χ0n) is 14.0. The highest BCUT2D eigenvalue weighted by molar-refractivity contribution is 9.10. The summed E-state index contributed by atoms with van der Waals surface area (Å²) in [6.45, 7) is 1.23. The van der Waals surface area contributed by atoms with E-state index in [1.54, 1.807) is 12.0 Å². The smallest absolute Gasteiger partial charge is 0.409 e. The first-order chi connectivity index (χ1) is 11.5. The predicted octanol–water partition coefficient (Wildman–Crippen LogP) is 2.74. The number of hydrogen-bond donors (Lipinski definition) is 1. The van der Waals surface area contributed by atoms with Gasteiger partial charge in [-0.1, -0.05) is 6.07 Å².